The second-order valence-electron chi connectivity index (χ2n) is 12.3. The molecule has 0 bridgehead atoms. The second-order valence-corrected chi connectivity index (χ2v) is 13.9. The van der Waals surface area contributed by atoms with Crippen LogP contribution in [0.5, 0.6) is 0 Å². The fraction of sp³-hybridized carbons (Fsp3) is 0.744. The van der Waals surface area contributed by atoms with Crippen LogP contribution in [0.25, 0.3) is 0 Å². The Labute approximate surface area is 293 Å². The highest BCUT2D eigenvalue weighted by molar-refractivity contribution is 7.47. The van der Waals surface area contributed by atoms with Crippen LogP contribution in [0.3, 0.4) is 0 Å². The molecule has 0 radical (unpaired) electrons. The summed E-state index contributed by atoms with van der Waals surface area (Å²) in [6.07, 6.45) is 40.1. The Bertz CT molecular complexity index is 927. The Morgan fingerprint density at radius 1 is 0.604 bits per heavy atom. The van der Waals surface area contributed by atoms with Gasteiger partial charge >= 0.3 is 19.8 Å². The molecule has 0 aliphatic carbocycles. The third kappa shape index (κ3) is 33.9. The molecule has 0 spiro atoms. The molecule has 0 fully saturated rings. The van der Waals surface area contributed by atoms with E-state index in [2.05, 4.69) is 67.0 Å². The average molecular weight is 697 g/mol. The lowest BCUT2D eigenvalue weighted by atomic mass is 10.1. The van der Waals surface area contributed by atoms with Gasteiger partial charge in [-0.1, -0.05) is 127 Å². The molecule has 8 nitrogen and oxygen atoms in total. The molecule has 48 heavy (non-hydrogen) atoms. The molecular weight excluding hydrogens is 627 g/mol. The van der Waals surface area contributed by atoms with E-state index in [1.807, 2.05) is 0 Å². The lowest BCUT2D eigenvalue weighted by molar-refractivity contribution is -0.161. The molecule has 0 aromatic rings. The van der Waals surface area contributed by atoms with Crippen molar-refractivity contribution in [2.75, 3.05) is 20.3 Å². The number of phosphoric ester groups is 1. The van der Waals surface area contributed by atoms with E-state index in [1.54, 1.807) is 0 Å². The molecule has 0 saturated heterocycles. The molecular formula is C39H69O8P. The highest BCUT2D eigenvalue weighted by Crippen LogP contribution is 2.42. The zero-order valence-corrected chi connectivity index (χ0v) is 31.5. The maximum Gasteiger partial charge on any atom is 0.472 e. The molecule has 0 aromatic heterocycles. The van der Waals surface area contributed by atoms with Gasteiger partial charge in [-0.3, -0.25) is 18.6 Å². The van der Waals surface area contributed by atoms with E-state index in [4.69, 9.17) is 14.0 Å². The van der Waals surface area contributed by atoms with Gasteiger partial charge in [0.2, 0.25) is 0 Å². The third-order valence-corrected chi connectivity index (χ3v) is 8.74. The van der Waals surface area contributed by atoms with Gasteiger partial charge in [-0.25, -0.2) is 4.57 Å². The fourth-order valence-electron chi connectivity index (χ4n) is 4.90. The van der Waals surface area contributed by atoms with Crippen LogP contribution < -0.4 is 0 Å². The Hall–Kier alpha value is -1.99. The molecule has 0 heterocycles. The highest BCUT2D eigenvalue weighted by atomic mass is 31.2. The summed E-state index contributed by atoms with van der Waals surface area (Å²) < 4.78 is 31.8. The van der Waals surface area contributed by atoms with Crippen LogP contribution in [0, 0.1) is 0 Å². The van der Waals surface area contributed by atoms with Gasteiger partial charge in [0.15, 0.2) is 6.10 Å². The fourth-order valence-corrected chi connectivity index (χ4v) is 5.36. The van der Waals surface area contributed by atoms with Gasteiger partial charge in [-0.15, -0.1) is 0 Å². The van der Waals surface area contributed by atoms with Crippen LogP contribution in [-0.2, 0) is 32.7 Å². The molecule has 0 rings (SSSR count). The van der Waals surface area contributed by atoms with Crippen molar-refractivity contribution >= 4 is 19.8 Å². The summed E-state index contributed by atoms with van der Waals surface area (Å²) in [5.41, 5.74) is 0. The van der Waals surface area contributed by atoms with E-state index in [0.717, 1.165) is 90.6 Å². The third-order valence-electron chi connectivity index (χ3n) is 7.81. The number of allylic oxidation sites excluding steroid dienone is 8. The minimum Gasteiger partial charge on any atom is -0.462 e. The van der Waals surface area contributed by atoms with Crippen molar-refractivity contribution in [2.24, 2.45) is 0 Å². The number of ether oxygens (including phenoxy) is 2. The number of carbonyl (C=O) groups is 2. The molecule has 0 amide bonds. The Balaban J connectivity index is 4.09. The van der Waals surface area contributed by atoms with E-state index in [9.17, 15) is 19.0 Å². The van der Waals surface area contributed by atoms with Gasteiger partial charge in [0.1, 0.15) is 6.61 Å². The van der Waals surface area contributed by atoms with Crippen LogP contribution in [0.1, 0.15) is 162 Å². The summed E-state index contributed by atoms with van der Waals surface area (Å²) in [7, 11) is -3.21. The quantitative estimate of drug-likeness (QED) is 0.0306. The molecule has 0 aliphatic rings. The summed E-state index contributed by atoms with van der Waals surface area (Å²) in [6.45, 7) is 3.72. The van der Waals surface area contributed by atoms with E-state index in [-0.39, 0.29) is 25.4 Å². The smallest absolute Gasteiger partial charge is 0.462 e. The van der Waals surface area contributed by atoms with E-state index in [1.165, 1.54) is 44.9 Å². The van der Waals surface area contributed by atoms with Crippen LogP contribution in [0.4, 0.5) is 0 Å². The predicted molar refractivity (Wildman–Crippen MR) is 198 cm³/mol. The van der Waals surface area contributed by atoms with E-state index < -0.39 is 26.5 Å². The molecule has 0 aliphatic heterocycles. The zero-order chi connectivity index (χ0) is 35.4. The topological polar surface area (TPSA) is 108 Å². The summed E-state index contributed by atoms with van der Waals surface area (Å²) in [6, 6.07) is 0. The van der Waals surface area contributed by atoms with Crippen molar-refractivity contribution < 1.29 is 37.6 Å². The molecule has 9 heteroatoms. The van der Waals surface area contributed by atoms with Crippen molar-refractivity contribution in [3.63, 3.8) is 0 Å². The van der Waals surface area contributed by atoms with Crippen molar-refractivity contribution in [3.05, 3.63) is 48.6 Å². The largest absolute Gasteiger partial charge is 0.472 e. The summed E-state index contributed by atoms with van der Waals surface area (Å²) in [4.78, 5) is 34.3. The Morgan fingerprint density at radius 3 is 1.60 bits per heavy atom. The molecule has 0 saturated carbocycles. The summed E-state index contributed by atoms with van der Waals surface area (Å²) in [5, 5.41) is 0. The standard InChI is InChI=1S/C39H69O8P/c1-4-6-8-10-12-14-16-18-19-20-21-22-24-26-28-30-32-34-39(41)47-37(36-46-48(42,43)44-3)35-45-38(40)33-31-29-27-25-23-17-15-13-11-9-7-5-2/h6,8,12-15,18-19,37H,4-5,7,9-11,16-17,20-36H2,1-3H3,(H,42,43)/b8-6-,14-12-,15-13-,19-18-. The van der Waals surface area contributed by atoms with Gasteiger partial charge in [0.05, 0.1) is 6.61 Å². The second kappa shape index (κ2) is 34.9. The first-order valence-corrected chi connectivity index (χ1v) is 20.3. The first kappa shape index (κ1) is 46.0. The van der Waals surface area contributed by atoms with Crippen molar-refractivity contribution in [1.82, 2.24) is 0 Å². The highest BCUT2D eigenvalue weighted by Gasteiger charge is 2.24. The SMILES string of the molecule is CC/C=C\C/C=C\C/C=C\CCCCCCCCCC(=O)OC(COC(=O)CCCCCCC/C=C\CCCCC)COP(=O)(O)OC. The number of esters is 2. The summed E-state index contributed by atoms with van der Waals surface area (Å²) >= 11 is 0. The van der Waals surface area contributed by atoms with Crippen LogP contribution in [-0.4, -0.2) is 43.3 Å². The number of unbranched alkanes of at least 4 members (excludes halogenated alkanes) is 15. The normalized spacial score (nSPS) is 14.0. The van der Waals surface area contributed by atoms with Gasteiger partial charge in [0.25, 0.3) is 0 Å². The molecule has 278 valence electrons. The van der Waals surface area contributed by atoms with Crippen LogP contribution in [0.2, 0.25) is 0 Å². The lowest BCUT2D eigenvalue weighted by Gasteiger charge is -2.19. The maximum absolute atomic E-state index is 12.5. The van der Waals surface area contributed by atoms with Gasteiger partial charge in [-0.05, 0) is 70.6 Å². The van der Waals surface area contributed by atoms with E-state index >= 15 is 0 Å². The Kier molecular flexibility index (Phi) is 33.4. The predicted octanol–water partition coefficient (Wildman–Crippen LogP) is 11.4. The first-order valence-electron chi connectivity index (χ1n) is 18.8. The minimum absolute atomic E-state index is 0.230. The summed E-state index contributed by atoms with van der Waals surface area (Å²) in [5.74, 6) is -0.830. The number of hydrogen-bond acceptors (Lipinski definition) is 7. The van der Waals surface area contributed by atoms with Crippen LogP contribution in [0.15, 0.2) is 48.6 Å². The van der Waals surface area contributed by atoms with Crippen molar-refractivity contribution in [1.29, 1.82) is 0 Å². The Morgan fingerprint density at radius 2 is 1.06 bits per heavy atom. The van der Waals surface area contributed by atoms with Gasteiger partial charge in [0, 0.05) is 20.0 Å². The van der Waals surface area contributed by atoms with Crippen molar-refractivity contribution in [2.45, 2.75) is 168 Å². The molecule has 1 N–H and O–H groups in total. The average Bonchev–Trinajstić information content (AvgIpc) is 3.07. The van der Waals surface area contributed by atoms with Gasteiger partial charge in [-0.2, -0.15) is 0 Å². The molecule has 0 aromatic carbocycles. The zero-order valence-electron chi connectivity index (χ0n) is 30.6. The number of carbonyl (C=O) groups excluding carboxylic acids is 2. The molecule has 2 atom stereocenters. The van der Waals surface area contributed by atoms with Crippen LogP contribution >= 0.6 is 7.82 Å². The van der Waals surface area contributed by atoms with Crippen molar-refractivity contribution in [3.8, 4) is 0 Å². The maximum atomic E-state index is 12.5. The number of rotatable bonds is 34. The lowest BCUT2D eigenvalue weighted by Crippen LogP contribution is -2.29. The molecule has 2 unspecified atom stereocenters. The van der Waals surface area contributed by atoms with Gasteiger partial charge < -0.3 is 14.4 Å². The number of hydrogen-bond donors (Lipinski definition) is 1. The van der Waals surface area contributed by atoms with E-state index in [0.29, 0.717) is 6.42 Å². The number of phosphoric acid groups is 1. The monoisotopic (exact) mass is 696 g/mol. The first-order chi connectivity index (χ1) is 23.3. The minimum atomic E-state index is -4.26.